The van der Waals surface area contributed by atoms with Crippen LogP contribution in [-0.4, -0.2) is 28.5 Å². The molecule has 6 heteroatoms. The lowest BCUT2D eigenvalue weighted by atomic mass is 10.1. The Hall–Kier alpha value is -1.85. The standard InChI is InChI=1S/C13H20N2O4/c1-9-12(19-10(2)15-9)13(18)14-8-6-4-3-5-7-11(16)17/h3-8H2,1-2H3,(H,14,18)(H,16,17). The van der Waals surface area contributed by atoms with Crippen LogP contribution < -0.4 is 5.32 Å². The summed E-state index contributed by atoms with van der Waals surface area (Å²) in [7, 11) is 0. The summed E-state index contributed by atoms with van der Waals surface area (Å²) < 4.78 is 5.21. The molecular weight excluding hydrogens is 248 g/mol. The monoisotopic (exact) mass is 268 g/mol. The van der Waals surface area contributed by atoms with Gasteiger partial charge in [-0.05, 0) is 19.8 Å². The lowest BCUT2D eigenvalue weighted by Crippen LogP contribution is -2.24. The molecule has 1 amide bonds. The van der Waals surface area contributed by atoms with E-state index >= 15 is 0 Å². The summed E-state index contributed by atoms with van der Waals surface area (Å²) in [5.74, 6) is -0.257. The Morgan fingerprint density at radius 1 is 1.21 bits per heavy atom. The highest BCUT2D eigenvalue weighted by Gasteiger charge is 2.14. The van der Waals surface area contributed by atoms with E-state index in [1.807, 2.05) is 0 Å². The first-order valence-corrected chi connectivity index (χ1v) is 6.44. The number of rotatable bonds is 8. The maximum atomic E-state index is 11.7. The number of amides is 1. The number of hydrogen-bond acceptors (Lipinski definition) is 4. The fraction of sp³-hybridized carbons (Fsp3) is 0.615. The maximum absolute atomic E-state index is 11.7. The van der Waals surface area contributed by atoms with Gasteiger partial charge in [0.05, 0.1) is 5.69 Å². The van der Waals surface area contributed by atoms with Crippen molar-refractivity contribution in [2.24, 2.45) is 0 Å². The summed E-state index contributed by atoms with van der Waals surface area (Å²) in [6.07, 6.45) is 3.49. The van der Waals surface area contributed by atoms with Gasteiger partial charge < -0.3 is 14.8 Å². The number of nitrogens with one attached hydrogen (secondary N) is 1. The van der Waals surface area contributed by atoms with Gasteiger partial charge in [-0.1, -0.05) is 12.8 Å². The molecular formula is C13H20N2O4. The third kappa shape index (κ3) is 5.54. The number of aliphatic carboxylic acids is 1. The van der Waals surface area contributed by atoms with E-state index in [0.717, 1.165) is 19.3 Å². The molecule has 0 spiro atoms. The zero-order chi connectivity index (χ0) is 14.3. The second-order valence-electron chi connectivity index (χ2n) is 4.46. The highest BCUT2D eigenvalue weighted by atomic mass is 16.4. The third-order valence-corrected chi connectivity index (χ3v) is 2.71. The molecule has 0 saturated carbocycles. The molecule has 0 aliphatic carbocycles. The van der Waals surface area contributed by atoms with Gasteiger partial charge >= 0.3 is 5.97 Å². The van der Waals surface area contributed by atoms with Crippen LogP contribution in [0.4, 0.5) is 0 Å². The summed E-state index contributed by atoms with van der Waals surface area (Å²) in [4.78, 5) is 26.1. The van der Waals surface area contributed by atoms with Crippen molar-refractivity contribution in [2.75, 3.05) is 6.54 Å². The summed E-state index contributed by atoms with van der Waals surface area (Å²) in [6.45, 7) is 3.99. The van der Waals surface area contributed by atoms with Crippen LogP contribution in [0.1, 0.15) is 54.2 Å². The molecule has 0 aliphatic heterocycles. The molecule has 0 aromatic carbocycles. The smallest absolute Gasteiger partial charge is 0.303 e. The number of unbranched alkanes of at least 4 members (excludes halogenated alkanes) is 3. The van der Waals surface area contributed by atoms with Crippen LogP contribution >= 0.6 is 0 Å². The second kappa shape index (κ2) is 7.56. The third-order valence-electron chi connectivity index (χ3n) is 2.71. The Kier molecular flexibility index (Phi) is 6.05. The Balaban J connectivity index is 2.14. The first-order chi connectivity index (χ1) is 9.00. The van der Waals surface area contributed by atoms with Crippen molar-refractivity contribution in [1.29, 1.82) is 0 Å². The van der Waals surface area contributed by atoms with Crippen LogP contribution in [0.3, 0.4) is 0 Å². The molecule has 0 unspecified atom stereocenters. The number of aryl methyl sites for hydroxylation is 2. The molecule has 6 nitrogen and oxygen atoms in total. The zero-order valence-electron chi connectivity index (χ0n) is 11.4. The second-order valence-corrected chi connectivity index (χ2v) is 4.46. The van der Waals surface area contributed by atoms with Crippen molar-refractivity contribution in [3.8, 4) is 0 Å². The maximum Gasteiger partial charge on any atom is 0.303 e. The van der Waals surface area contributed by atoms with Crippen molar-refractivity contribution < 1.29 is 19.1 Å². The minimum Gasteiger partial charge on any atom is -0.481 e. The topological polar surface area (TPSA) is 92.4 Å². The number of nitrogens with zero attached hydrogens (tertiary/aromatic N) is 1. The molecule has 106 valence electrons. The number of carboxylic acid groups (broad SMARTS) is 1. The van der Waals surface area contributed by atoms with E-state index in [1.165, 1.54) is 0 Å². The zero-order valence-corrected chi connectivity index (χ0v) is 11.4. The van der Waals surface area contributed by atoms with Crippen LogP contribution in [0, 0.1) is 13.8 Å². The predicted molar refractivity (Wildman–Crippen MR) is 69.0 cm³/mol. The molecule has 0 aliphatic rings. The molecule has 1 heterocycles. The molecule has 0 saturated heterocycles. The fourth-order valence-electron chi connectivity index (χ4n) is 1.78. The number of oxazole rings is 1. The van der Waals surface area contributed by atoms with Gasteiger partial charge in [0.1, 0.15) is 0 Å². The van der Waals surface area contributed by atoms with Crippen LogP contribution in [0.15, 0.2) is 4.42 Å². The van der Waals surface area contributed by atoms with Crippen molar-refractivity contribution in [2.45, 2.75) is 46.0 Å². The van der Waals surface area contributed by atoms with E-state index in [4.69, 9.17) is 9.52 Å². The fourth-order valence-corrected chi connectivity index (χ4v) is 1.78. The molecule has 2 N–H and O–H groups in total. The molecule has 19 heavy (non-hydrogen) atoms. The first kappa shape index (κ1) is 15.2. The normalized spacial score (nSPS) is 10.4. The minimum atomic E-state index is -0.760. The van der Waals surface area contributed by atoms with Crippen molar-refractivity contribution in [1.82, 2.24) is 10.3 Å². The Bertz CT molecular complexity index is 440. The van der Waals surface area contributed by atoms with E-state index < -0.39 is 5.97 Å². The highest BCUT2D eigenvalue weighted by Crippen LogP contribution is 2.09. The summed E-state index contributed by atoms with van der Waals surface area (Å²) in [5.41, 5.74) is 0.594. The van der Waals surface area contributed by atoms with Gasteiger partial charge in [-0.2, -0.15) is 0 Å². The molecule has 0 fully saturated rings. The van der Waals surface area contributed by atoms with Crippen molar-refractivity contribution >= 4 is 11.9 Å². The van der Waals surface area contributed by atoms with Crippen LogP contribution in [0.5, 0.6) is 0 Å². The van der Waals surface area contributed by atoms with Gasteiger partial charge in [0.2, 0.25) is 5.76 Å². The largest absolute Gasteiger partial charge is 0.481 e. The Morgan fingerprint density at radius 3 is 2.47 bits per heavy atom. The molecule has 0 atom stereocenters. The SMILES string of the molecule is Cc1nc(C)c(C(=O)NCCCCCCC(=O)O)o1. The van der Waals surface area contributed by atoms with Gasteiger partial charge in [0, 0.05) is 19.9 Å². The number of carboxylic acids is 1. The van der Waals surface area contributed by atoms with E-state index in [9.17, 15) is 9.59 Å². The van der Waals surface area contributed by atoms with E-state index in [2.05, 4.69) is 10.3 Å². The van der Waals surface area contributed by atoms with E-state index in [1.54, 1.807) is 13.8 Å². The van der Waals surface area contributed by atoms with Crippen molar-refractivity contribution in [3.05, 3.63) is 17.3 Å². The lowest BCUT2D eigenvalue weighted by molar-refractivity contribution is -0.137. The predicted octanol–water partition coefficient (Wildman–Crippen LogP) is 2.06. The van der Waals surface area contributed by atoms with Crippen LogP contribution in [0.25, 0.3) is 0 Å². The molecule has 1 aromatic heterocycles. The van der Waals surface area contributed by atoms with Gasteiger partial charge in [0.15, 0.2) is 5.89 Å². The Morgan fingerprint density at radius 2 is 1.89 bits per heavy atom. The highest BCUT2D eigenvalue weighted by molar-refractivity contribution is 5.92. The molecule has 0 bridgehead atoms. The van der Waals surface area contributed by atoms with E-state index in [0.29, 0.717) is 24.6 Å². The summed E-state index contributed by atoms with van der Waals surface area (Å²) >= 11 is 0. The number of aromatic nitrogens is 1. The van der Waals surface area contributed by atoms with Gasteiger partial charge in [-0.25, -0.2) is 4.98 Å². The summed E-state index contributed by atoms with van der Waals surface area (Å²) in [6, 6.07) is 0. The van der Waals surface area contributed by atoms with Gasteiger partial charge in [-0.15, -0.1) is 0 Å². The number of hydrogen-bond donors (Lipinski definition) is 2. The van der Waals surface area contributed by atoms with E-state index in [-0.39, 0.29) is 18.1 Å². The number of carbonyl (C=O) groups excluding carboxylic acids is 1. The van der Waals surface area contributed by atoms with Gasteiger partial charge in [0.25, 0.3) is 5.91 Å². The number of carbonyl (C=O) groups is 2. The lowest BCUT2D eigenvalue weighted by Gasteiger charge is -2.03. The first-order valence-electron chi connectivity index (χ1n) is 6.44. The molecule has 0 radical (unpaired) electrons. The van der Waals surface area contributed by atoms with Crippen molar-refractivity contribution in [3.63, 3.8) is 0 Å². The van der Waals surface area contributed by atoms with Crippen LogP contribution in [-0.2, 0) is 4.79 Å². The summed E-state index contributed by atoms with van der Waals surface area (Å²) in [5, 5.41) is 11.2. The van der Waals surface area contributed by atoms with Gasteiger partial charge in [-0.3, -0.25) is 9.59 Å². The minimum absolute atomic E-state index is 0.211. The molecule has 1 rings (SSSR count). The molecule has 1 aromatic rings. The quantitative estimate of drug-likeness (QED) is 0.704. The average molecular weight is 268 g/mol. The van der Waals surface area contributed by atoms with Crippen LogP contribution in [0.2, 0.25) is 0 Å². The average Bonchev–Trinajstić information content (AvgIpc) is 2.66. The Labute approximate surface area is 112 Å².